The van der Waals surface area contributed by atoms with Crippen molar-refractivity contribution in [3.63, 3.8) is 0 Å². The van der Waals surface area contributed by atoms with E-state index in [1.807, 2.05) is 30.3 Å². The number of unbranched alkanes of at least 4 members (excludes halogenated alkanes) is 3. The Hall–Kier alpha value is -2.58. The molecule has 5 heteroatoms. The monoisotopic (exact) mass is 539 g/mol. The van der Waals surface area contributed by atoms with Crippen molar-refractivity contribution in [1.29, 1.82) is 0 Å². The van der Waals surface area contributed by atoms with Gasteiger partial charge in [0, 0.05) is 36.9 Å². The van der Waals surface area contributed by atoms with E-state index in [2.05, 4.69) is 75.7 Å². The Morgan fingerprint density at radius 3 is 2.24 bits per heavy atom. The molecule has 4 nitrogen and oxygen atoms in total. The van der Waals surface area contributed by atoms with Crippen molar-refractivity contribution in [2.24, 2.45) is 5.41 Å². The quantitative estimate of drug-likeness (QED) is 0.204. The van der Waals surface area contributed by atoms with Gasteiger partial charge in [0.25, 0.3) is 0 Å². The highest BCUT2D eigenvalue weighted by molar-refractivity contribution is 7.99. The Bertz CT molecular complexity index is 918. The van der Waals surface area contributed by atoms with Crippen molar-refractivity contribution in [2.45, 2.75) is 89.4 Å². The number of hydrogen-bond acceptors (Lipinski definition) is 4. The predicted molar refractivity (Wildman–Crippen MR) is 165 cm³/mol. The summed E-state index contributed by atoms with van der Waals surface area (Å²) >= 11 is 2.12. The molecule has 2 aromatic rings. The highest BCUT2D eigenvalue weighted by atomic mass is 32.2. The van der Waals surface area contributed by atoms with Gasteiger partial charge in [-0.2, -0.15) is 0 Å². The van der Waals surface area contributed by atoms with Crippen molar-refractivity contribution < 1.29 is 14.6 Å². The first-order valence-electron chi connectivity index (χ1n) is 14.0. The molecule has 0 saturated carbocycles. The minimum absolute atomic E-state index is 0.220. The maximum Gasteiger partial charge on any atom is 0.303 e. The van der Waals surface area contributed by atoms with Gasteiger partial charge in [0.2, 0.25) is 0 Å². The second-order valence-electron chi connectivity index (χ2n) is 10.2. The third-order valence-corrected chi connectivity index (χ3v) is 8.40. The average Bonchev–Trinajstić information content (AvgIpc) is 3.12. The van der Waals surface area contributed by atoms with Gasteiger partial charge in [0.1, 0.15) is 5.75 Å². The van der Waals surface area contributed by atoms with Crippen LogP contribution in [0.4, 0.5) is 5.69 Å². The van der Waals surface area contributed by atoms with Gasteiger partial charge in [0.05, 0.1) is 6.61 Å². The number of carboxylic acid groups (broad SMARTS) is 1. The van der Waals surface area contributed by atoms with E-state index in [-0.39, 0.29) is 6.42 Å². The number of nitrogens with zero attached hydrogens (tertiary/aromatic N) is 1. The van der Waals surface area contributed by atoms with Crippen LogP contribution in [0.2, 0.25) is 0 Å². The molecule has 0 aromatic heterocycles. The van der Waals surface area contributed by atoms with Gasteiger partial charge in [-0.15, -0.1) is 24.6 Å². The lowest BCUT2D eigenvalue weighted by atomic mass is 9.75. The number of aryl methyl sites for hydroxylation is 1. The number of carboxylic acids is 1. The number of anilines is 1. The van der Waals surface area contributed by atoms with E-state index in [0.717, 1.165) is 12.2 Å². The van der Waals surface area contributed by atoms with Crippen molar-refractivity contribution >= 4 is 23.4 Å². The molecule has 1 aliphatic heterocycles. The zero-order valence-corrected chi connectivity index (χ0v) is 24.9. The van der Waals surface area contributed by atoms with E-state index >= 15 is 0 Å². The molecule has 1 N–H and O–H groups in total. The van der Waals surface area contributed by atoms with Gasteiger partial charge in [0.15, 0.2) is 0 Å². The molecule has 0 bridgehead atoms. The predicted octanol–water partition coefficient (Wildman–Crippen LogP) is 8.73. The Balaban J connectivity index is 0.000000389. The number of aliphatic carboxylic acids is 1. The molecule has 1 heterocycles. The number of benzene rings is 2. The third kappa shape index (κ3) is 12.8. The van der Waals surface area contributed by atoms with Gasteiger partial charge in [-0.05, 0) is 79.8 Å². The molecule has 0 unspecified atom stereocenters. The molecule has 2 aromatic carbocycles. The molecular formula is C33H49NO3S. The Kier molecular flexibility index (Phi) is 17.1. The van der Waals surface area contributed by atoms with Gasteiger partial charge in [-0.3, -0.25) is 4.79 Å². The number of para-hydroxylation sites is 1. The topological polar surface area (TPSA) is 49.8 Å². The number of fused-ring (bicyclic) bond motifs is 1. The maximum absolute atomic E-state index is 10.2. The summed E-state index contributed by atoms with van der Waals surface area (Å²) in [6.07, 6.45) is 20.6. The summed E-state index contributed by atoms with van der Waals surface area (Å²) in [6.45, 7) is 5.24. The summed E-state index contributed by atoms with van der Waals surface area (Å²) in [5.41, 5.74) is 3.49. The third-order valence-electron chi connectivity index (χ3n) is 6.94. The molecule has 0 atom stereocenters. The van der Waals surface area contributed by atoms with Crippen LogP contribution in [0.1, 0.15) is 83.6 Å². The van der Waals surface area contributed by atoms with Crippen LogP contribution < -0.4 is 9.64 Å². The van der Waals surface area contributed by atoms with Crippen molar-refractivity contribution in [2.75, 3.05) is 31.4 Å². The number of rotatable bonds is 13. The Morgan fingerprint density at radius 2 is 1.66 bits per heavy atom. The molecule has 0 fully saturated rings. The first-order valence-corrected chi connectivity index (χ1v) is 15.0. The summed E-state index contributed by atoms with van der Waals surface area (Å²) < 4.78 is 5.39. The van der Waals surface area contributed by atoms with Crippen LogP contribution in [-0.2, 0) is 11.2 Å². The van der Waals surface area contributed by atoms with Gasteiger partial charge >= 0.3 is 5.97 Å². The van der Waals surface area contributed by atoms with Crippen LogP contribution >= 0.6 is 11.8 Å². The lowest BCUT2D eigenvalue weighted by Crippen LogP contribution is -2.24. The maximum atomic E-state index is 10.2. The smallest absolute Gasteiger partial charge is 0.303 e. The van der Waals surface area contributed by atoms with E-state index in [4.69, 9.17) is 9.84 Å². The van der Waals surface area contributed by atoms with Crippen LogP contribution in [0.5, 0.6) is 5.75 Å². The normalized spacial score (nSPS) is 13.4. The lowest BCUT2D eigenvalue weighted by molar-refractivity contribution is -0.137. The van der Waals surface area contributed by atoms with E-state index in [1.165, 1.54) is 67.7 Å². The largest absolute Gasteiger partial charge is 0.494 e. The molecule has 3 rings (SSSR count). The standard InChI is InChI=1S/C20H33NS.C11H14O3.C2H2/c1-5-7-12-20(13-8-6-2)14-11-17-15-18(21(3)4)9-10-19(17)22-16-20;12-11(13)8-4-5-9-14-10-6-2-1-3-7-10;1-2/h9-10,15H,5-8,11-14,16H2,1-4H3;1-3,6-7H,4-5,8-9H2,(H,12,13);1-2H. The average molecular weight is 540 g/mol. The van der Waals surface area contributed by atoms with Crippen molar-refractivity contribution in [3.05, 3.63) is 54.1 Å². The van der Waals surface area contributed by atoms with Gasteiger partial charge in [-0.1, -0.05) is 57.7 Å². The van der Waals surface area contributed by atoms with E-state index in [0.29, 0.717) is 18.4 Å². The molecule has 210 valence electrons. The highest BCUT2D eigenvalue weighted by Crippen LogP contribution is 2.45. The lowest BCUT2D eigenvalue weighted by Gasteiger charge is -2.32. The van der Waals surface area contributed by atoms with Gasteiger partial charge in [-0.25, -0.2) is 0 Å². The van der Waals surface area contributed by atoms with Gasteiger partial charge < -0.3 is 14.7 Å². The zero-order chi connectivity index (χ0) is 28.2. The molecule has 0 aliphatic carbocycles. The number of thioether (sulfide) groups is 1. The van der Waals surface area contributed by atoms with Crippen LogP contribution in [-0.4, -0.2) is 37.5 Å². The van der Waals surface area contributed by atoms with Crippen LogP contribution in [0, 0.1) is 18.3 Å². The van der Waals surface area contributed by atoms with Crippen LogP contribution in [0.3, 0.4) is 0 Å². The first kappa shape index (κ1) is 33.4. The second kappa shape index (κ2) is 19.5. The molecule has 0 amide bonds. The zero-order valence-electron chi connectivity index (χ0n) is 24.1. The molecule has 0 radical (unpaired) electrons. The number of hydrogen-bond donors (Lipinski definition) is 1. The fourth-order valence-corrected chi connectivity index (χ4v) is 6.00. The van der Waals surface area contributed by atoms with Crippen molar-refractivity contribution in [1.82, 2.24) is 0 Å². The molecule has 1 aliphatic rings. The summed E-state index contributed by atoms with van der Waals surface area (Å²) in [5, 5.41) is 8.39. The Labute approximate surface area is 236 Å². The molecular weight excluding hydrogens is 490 g/mol. The highest BCUT2D eigenvalue weighted by Gasteiger charge is 2.31. The summed E-state index contributed by atoms with van der Waals surface area (Å²) in [5.74, 6) is 1.41. The number of terminal acetylenes is 1. The van der Waals surface area contributed by atoms with E-state index < -0.39 is 5.97 Å². The van der Waals surface area contributed by atoms with Crippen molar-refractivity contribution in [3.8, 4) is 18.6 Å². The van der Waals surface area contributed by atoms with Crippen LogP contribution in [0.25, 0.3) is 0 Å². The number of carbonyl (C=O) groups is 1. The first-order chi connectivity index (χ1) is 18.4. The van der Waals surface area contributed by atoms with E-state index in [1.54, 1.807) is 5.56 Å². The summed E-state index contributed by atoms with van der Waals surface area (Å²) in [6, 6.07) is 16.6. The molecule has 0 saturated heterocycles. The summed E-state index contributed by atoms with van der Waals surface area (Å²) in [4.78, 5) is 13.9. The summed E-state index contributed by atoms with van der Waals surface area (Å²) in [7, 11) is 4.27. The fraction of sp³-hybridized carbons (Fsp3) is 0.545. The second-order valence-corrected chi connectivity index (χ2v) is 11.2. The minimum Gasteiger partial charge on any atom is -0.494 e. The Morgan fingerprint density at radius 1 is 1.00 bits per heavy atom. The minimum atomic E-state index is -0.746. The molecule has 38 heavy (non-hydrogen) atoms. The van der Waals surface area contributed by atoms with E-state index in [9.17, 15) is 4.79 Å². The number of ether oxygens (including phenoxy) is 1. The SMILES string of the molecule is C#C.CCCCC1(CCCC)CCc2cc(N(C)C)ccc2SC1.O=C(O)CCCCOc1ccccc1. The fourth-order valence-electron chi connectivity index (χ4n) is 4.59. The van der Waals surface area contributed by atoms with Crippen LogP contribution in [0.15, 0.2) is 53.4 Å². The molecule has 0 spiro atoms.